The van der Waals surface area contributed by atoms with Crippen molar-refractivity contribution in [3.63, 3.8) is 0 Å². The minimum atomic E-state index is -1.01. The van der Waals surface area contributed by atoms with E-state index in [0.29, 0.717) is 11.5 Å². The highest BCUT2D eigenvalue weighted by atomic mass is 32.2. The first-order chi connectivity index (χ1) is 27.8. The molecule has 12 nitrogen and oxygen atoms in total. The lowest BCUT2D eigenvalue weighted by atomic mass is 10.0. The number of rotatable bonds is 15. The SMILES string of the molecule is CSCC1=C(C(=O)OC(c2ccccc2)c2ccccc2)N2C(=O)C(NC(=O)C(=NOCC(=O)OC(c3ccccc3)c3ccccc3)c3csc(N)n3)[C@H]2SC1. The van der Waals surface area contributed by atoms with Crippen LogP contribution in [0.4, 0.5) is 5.13 Å². The molecular formula is C42H37N5O7S3. The molecule has 1 fully saturated rings. The smallest absolute Gasteiger partial charge is 0.356 e. The van der Waals surface area contributed by atoms with Crippen LogP contribution in [0.25, 0.3) is 0 Å². The zero-order chi connectivity index (χ0) is 39.7. The van der Waals surface area contributed by atoms with Crippen molar-refractivity contribution in [2.24, 2.45) is 5.16 Å². The first kappa shape index (κ1) is 39.3. The van der Waals surface area contributed by atoms with Crippen LogP contribution >= 0.6 is 34.9 Å². The number of oxime groups is 1. The molecule has 2 atom stereocenters. The van der Waals surface area contributed by atoms with Crippen LogP contribution in [0.1, 0.15) is 40.2 Å². The van der Waals surface area contributed by atoms with Gasteiger partial charge in [-0.15, -0.1) is 23.1 Å². The molecule has 1 saturated heterocycles. The number of anilines is 1. The number of ether oxygens (including phenoxy) is 2. The summed E-state index contributed by atoms with van der Waals surface area (Å²) in [6.07, 6.45) is 0.500. The quantitative estimate of drug-likeness (QED) is 0.0541. The summed E-state index contributed by atoms with van der Waals surface area (Å²) in [5.41, 5.74) is 9.70. The summed E-state index contributed by atoms with van der Waals surface area (Å²) < 4.78 is 12.0. The van der Waals surface area contributed by atoms with Gasteiger partial charge in [-0.25, -0.2) is 14.6 Å². The summed E-state index contributed by atoms with van der Waals surface area (Å²) in [6, 6.07) is 36.3. The van der Waals surface area contributed by atoms with E-state index in [-0.39, 0.29) is 22.2 Å². The molecule has 0 aliphatic carbocycles. The molecule has 7 rings (SSSR count). The summed E-state index contributed by atoms with van der Waals surface area (Å²) in [5.74, 6) is -1.69. The Morgan fingerprint density at radius 2 is 1.39 bits per heavy atom. The molecule has 2 aliphatic rings. The van der Waals surface area contributed by atoms with Crippen LogP contribution in [-0.2, 0) is 33.5 Å². The monoisotopic (exact) mass is 819 g/mol. The predicted octanol–water partition coefficient (Wildman–Crippen LogP) is 6.13. The number of nitrogens with two attached hydrogens (primary N) is 1. The molecule has 1 aromatic heterocycles. The van der Waals surface area contributed by atoms with Gasteiger partial charge in [-0.2, -0.15) is 11.8 Å². The third kappa shape index (κ3) is 9.06. The molecule has 3 heterocycles. The number of carbonyl (C=O) groups excluding carboxylic acids is 4. The second kappa shape index (κ2) is 18.4. The number of amides is 2. The molecule has 0 spiro atoms. The Morgan fingerprint density at radius 3 is 1.88 bits per heavy atom. The fourth-order valence-electron chi connectivity index (χ4n) is 6.41. The number of esters is 2. The van der Waals surface area contributed by atoms with Gasteiger partial charge < -0.3 is 25.4 Å². The molecule has 2 aliphatic heterocycles. The number of nitrogen functional groups attached to an aromatic ring is 1. The number of benzene rings is 4. The van der Waals surface area contributed by atoms with Crippen molar-refractivity contribution in [2.75, 3.05) is 30.1 Å². The van der Waals surface area contributed by atoms with Crippen molar-refractivity contribution >= 4 is 69.5 Å². The van der Waals surface area contributed by atoms with E-state index in [0.717, 1.165) is 39.2 Å². The lowest BCUT2D eigenvalue weighted by molar-refractivity contribution is -0.154. The van der Waals surface area contributed by atoms with Gasteiger partial charge in [0.25, 0.3) is 11.8 Å². The third-order valence-corrected chi connectivity index (χ3v) is 11.7. The van der Waals surface area contributed by atoms with E-state index in [4.69, 9.17) is 20.0 Å². The highest BCUT2D eigenvalue weighted by Crippen LogP contribution is 2.42. The Morgan fingerprint density at radius 1 is 0.860 bits per heavy atom. The molecule has 5 aromatic rings. The topological polar surface area (TPSA) is 163 Å². The Labute approximate surface area is 341 Å². The zero-order valence-corrected chi connectivity index (χ0v) is 33.0. The fraction of sp³-hybridized carbons (Fsp3) is 0.190. The van der Waals surface area contributed by atoms with Gasteiger partial charge in [0.1, 0.15) is 22.8 Å². The number of aromatic nitrogens is 1. The lowest BCUT2D eigenvalue weighted by Gasteiger charge is -2.49. The third-order valence-electron chi connectivity index (χ3n) is 9.05. The van der Waals surface area contributed by atoms with E-state index >= 15 is 0 Å². The number of hydrogen-bond acceptors (Lipinski definition) is 13. The van der Waals surface area contributed by atoms with E-state index in [1.165, 1.54) is 33.8 Å². The maximum Gasteiger partial charge on any atom is 0.356 e. The first-order valence-electron chi connectivity index (χ1n) is 17.8. The van der Waals surface area contributed by atoms with E-state index in [1.54, 1.807) is 0 Å². The number of hydrogen-bond donors (Lipinski definition) is 2. The van der Waals surface area contributed by atoms with Gasteiger partial charge in [0.15, 0.2) is 23.1 Å². The molecule has 4 aromatic carbocycles. The van der Waals surface area contributed by atoms with Crippen molar-refractivity contribution in [1.29, 1.82) is 0 Å². The predicted molar refractivity (Wildman–Crippen MR) is 221 cm³/mol. The van der Waals surface area contributed by atoms with Crippen LogP contribution < -0.4 is 11.1 Å². The number of thioether (sulfide) groups is 2. The summed E-state index contributed by atoms with van der Waals surface area (Å²) in [7, 11) is 0. The largest absolute Gasteiger partial charge is 0.450 e. The van der Waals surface area contributed by atoms with Crippen LogP contribution in [-0.4, -0.2) is 75.1 Å². The fourth-order valence-corrected chi connectivity index (χ4v) is 9.02. The van der Waals surface area contributed by atoms with Crippen molar-refractivity contribution in [1.82, 2.24) is 15.2 Å². The molecule has 2 amide bonds. The van der Waals surface area contributed by atoms with Gasteiger partial charge in [-0.05, 0) is 34.1 Å². The van der Waals surface area contributed by atoms with Gasteiger partial charge >= 0.3 is 11.9 Å². The number of β-lactam (4-membered cyclic amide) rings is 1. The number of nitrogens with zero attached hydrogens (tertiary/aromatic N) is 3. The number of thiazole rings is 1. The van der Waals surface area contributed by atoms with Crippen LogP contribution in [0.2, 0.25) is 0 Å². The average Bonchev–Trinajstić information content (AvgIpc) is 3.68. The molecule has 57 heavy (non-hydrogen) atoms. The van der Waals surface area contributed by atoms with Gasteiger partial charge in [-0.1, -0.05) is 126 Å². The number of fused-ring (bicyclic) bond motifs is 1. The van der Waals surface area contributed by atoms with E-state index < -0.39 is 54.0 Å². The molecule has 1 unspecified atom stereocenters. The van der Waals surface area contributed by atoms with Crippen molar-refractivity contribution in [3.05, 3.63) is 166 Å². The standard InChI is InChI=1S/C42H37N5O7S3/c1-55-23-30-24-56-40-34(39(50)47(40)35(30)41(51)54-37(28-18-10-4-11-19-28)29-20-12-5-13-21-29)45-38(49)33(31-25-57-42(43)44-31)46-52-22-32(48)53-36(26-14-6-2-7-15-26)27-16-8-3-9-17-27/h2-21,25,34,36-37,40H,22-24H2,1H3,(H2,43,44)(H,45,49)/t34?,40-/m1/s1. The van der Waals surface area contributed by atoms with E-state index in [2.05, 4.69) is 15.5 Å². The number of carbonyl (C=O) groups is 4. The second-order valence-electron chi connectivity index (χ2n) is 12.8. The highest BCUT2D eigenvalue weighted by Gasteiger charge is 2.55. The second-order valence-corrected chi connectivity index (χ2v) is 15.7. The van der Waals surface area contributed by atoms with Crippen molar-refractivity contribution < 1.29 is 33.5 Å². The minimum Gasteiger partial charge on any atom is -0.450 e. The molecule has 3 N–H and O–H groups in total. The minimum absolute atomic E-state index is 0.0917. The zero-order valence-electron chi connectivity index (χ0n) is 30.6. The molecule has 0 bridgehead atoms. The number of nitrogens with one attached hydrogen (secondary N) is 1. The molecular weight excluding hydrogens is 783 g/mol. The van der Waals surface area contributed by atoms with Crippen LogP contribution in [0.5, 0.6) is 0 Å². The summed E-state index contributed by atoms with van der Waals surface area (Å²) in [4.78, 5) is 65.9. The molecule has 0 saturated carbocycles. The summed E-state index contributed by atoms with van der Waals surface area (Å²) in [5, 5.41) is 7.82. The van der Waals surface area contributed by atoms with Crippen LogP contribution in [0.15, 0.2) is 143 Å². The Kier molecular flexibility index (Phi) is 12.7. The molecule has 0 radical (unpaired) electrons. The van der Waals surface area contributed by atoms with Gasteiger partial charge in [0.05, 0.1) is 0 Å². The van der Waals surface area contributed by atoms with Crippen LogP contribution in [0, 0.1) is 0 Å². The Hall–Kier alpha value is -5.90. The average molecular weight is 820 g/mol. The Bertz CT molecular complexity index is 2200. The first-order valence-corrected chi connectivity index (χ1v) is 21.1. The highest BCUT2D eigenvalue weighted by molar-refractivity contribution is 8.00. The maximum atomic E-state index is 14.1. The van der Waals surface area contributed by atoms with Gasteiger partial charge in [-0.3, -0.25) is 14.5 Å². The van der Waals surface area contributed by atoms with E-state index in [9.17, 15) is 19.2 Å². The van der Waals surface area contributed by atoms with Gasteiger partial charge in [0, 0.05) is 16.9 Å². The maximum absolute atomic E-state index is 14.1. The van der Waals surface area contributed by atoms with Gasteiger partial charge in [0.2, 0.25) is 6.61 Å². The normalized spacial score (nSPS) is 16.5. The van der Waals surface area contributed by atoms with Crippen LogP contribution in [0.3, 0.4) is 0 Å². The van der Waals surface area contributed by atoms with E-state index in [1.807, 2.05) is 128 Å². The van der Waals surface area contributed by atoms with Crippen molar-refractivity contribution in [2.45, 2.75) is 23.6 Å². The molecule has 290 valence electrons. The summed E-state index contributed by atoms with van der Waals surface area (Å²) >= 11 is 4.04. The molecule has 15 heteroatoms. The lowest BCUT2D eigenvalue weighted by Crippen LogP contribution is -2.71. The van der Waals surface area contributed by atoms with Crippen molar-refractivity contribution in [3.8, 4) is 0 Å². The Balaban J connectivity index is 1.06. The summed E-state index contributed by atoms with van der Waals surface area (Å²) in [6.45, 7) is -0.622.